The molecule has 1 aromatic carbocycles. The fraction of sp³-hybridized carbons (Fsp3) is 0.263. The predicted octanol–water partition coefficient (Wildman–Crippen LogP) is 3.32. The van der Waals surface area contributed by atoms with Crippen molar-refractivity contribution in [1.82, 2.24) is 19.7 Å². The van der Waals surface area contributed by atoms with Gasteiger partial charge in [0.1, 0.15) is 0 Å². The molecule has 0 saturated carbocycles. The van der Waals surface area contributed by atoms with Gasteiger partial charge in [-0.1, -0.05) is 12.1 Å². The van der Waals surface area contributed by atoms with E-state index in [1.165, 1.54) is 0 Å². The predicted molar refractivity (Wildman–Crippen MR) is 94.3 cm³/mol. The van der Waals surface area contributed by atoms with Crippen molar-refractivity contribution in [2.75, 3.05) is 0 Å². The minimum Gasteiger partial charge on any atom is -0.345 e. The van der Waals surface area contributed by atoms with E-state index < -0.39 is 0 Å². The fourth-order valence-corrected chi connectivity index (χ4v) is 2.90. The lowest BCUT2D eigenvalue weighted by Crippen LogP contribution is -2.27. The molecular formula is C19H22N4O. The van der Waals surface area contributed by atoms with Gasteiger partial charge in [-0.25, -0.2) is 0 Å². The van der Waals surface area contributed by atoms with Crippen LogP contribution in [0.15, 0.2) is 48.8 Å². The Balaban J connectivity index is 1.75. The summed E-state index contributed by atoms with van der Waals surface area (Å²) in [7, 11) is 1.85. The fourth-order valence-electron chi connectivity index (χ4n) is 2.90. The van der Waals surface area contributed by atoms with Crippen LogP contribution in [-0.2, 0) is 7.05 Å². The minimum absolute atomic E-state index is 0.0739. The summed E-state index contributed by atoms with van der Waals surface area (Å²) < 4.78 is 3.79. The molecule has 0 aliphatic carbocycles. The van der Waals surface area contributed by atoms with Crippen molar-refractivity contribution < 1.29 is 4.79 Å². The van der Waals surface area contributed by atoms with Crippen molar-refractivity contribution in [1.29, 1.82) is 0 Å². The van der Waals surface area contributed by atoms with Gasteiger partial charge < -0.3 is 9.88 Å². The van der Waals surface area contributed by atoms with E-state index in [0.29, 0.717) is 5.56 Å². The van der Waals surface area contributed by atoms with Gasteiger partial charge in [-0.05, 0) is 50.6 Å². The first-order chi connectivity index (χ1) is 11.5. The van der Waals surface area contributed by atoms with Crippen LogP contribution in [0.3, 0.4) is 0 Å². The van der Waals surface area contributed by atoms with Crippen molar-refractivity contribution in [2.24, 2.45) is 7.05 Å². The van der Waals surface area contributed by atoms with E-state index in [2.05, 4.69) is 27.1 Å². The number of aryl methyl sites for hydroxylation is 2. The van der Waals surface area contributed by atoms with Crippen molar-refractivity contribution in [3.8, 4) is 5.69 Å². The van der Waals surface area contributed by atoms with Crippen LogP contribution in [0.5, 0.6) is 0 Å². The molecule has 0 aliphatic heterocycles. The summed E-state index contributed by atoms with van der Waals surface area (Å²) in [6.45, 7) is 5.76. The van der Waals surface area contributed by atoms with Crippen LogP contribution in [-0.4, -0.2) is 20.3 Å². The molecule has 5 heteroatoms. The zero-order valence-electron chi connectivity index (χ0n) is 14.4. The van der Waals surface area contributed by atoms with Crippen molar-refractivity contribution >= 4 is 5.91 Å². The summed E-state index contributed by atoms with van der Waals surface area (Å²) in [5.74, 6) is -0.0833. The highest BCUT2D eigenvalue weighted by atomic mass is 16.1. The molecule has 2 aromatic heterocycles. The molecule has 0 fully saturated rings. The van der Waals surface area contributed by atoms with Crippen molar-refractivity contribution in [2.45, 2.75) is 26.8 Å². The Kier molecular flexibility index (Phi) is 4.25. The van der Waals surface area contributed by atoms with Gasteiger partial charge in [-0.3, -0.25) is 9.48 Å². The molecule has 124 valence electrons. The normalized spacial score (nSPS) is 12.2. The van der Waals surface area contributed by atoms with Crippen LogP contribution in [0, 0.1) is 13.8 Å². The third-order valence-electron chi connectivity index (χ3n) is 4.38. The lowest BCUT2D eigenvalue weighted by molar-refractivity contribution is 0.0938. The number of nitrogens with one attached hydrogen (secondary N) is 1. The summed E-state index contributed by atoms with van der Waals surface area (Å²) in [6, 6.07) is 12.1. The summed E-state index contributed by atoms with van der Waals surface area (Å²) >= 11 is 0. The van der Waals surface area contributed by atoms with E-state index in [1.54, 1.807) is 4.68 Å². The first-order valence-electron chi connectivity index (χ1n) is 8.01. The summed E-state index contributed by atoms with van der Waals surface area (Å²) in [4.78, 5) is 12.6. The third kappa shape index (κ3) is 2.97. The molecule has 1 unspecified atom stereocenters. The van der Waals surface area contributed by atoms with E-state index in [4.69, 9.17) is 0 Å². The van der Waals surface area contributed by atoms with Gasteiger partial charge in [-0.2, -0.15) is 5.10 Å². The van der Waals surface area contributed by atoms with E-state index in [-0.39, 0.29) is 11.9 Å². The van der Waals surface area contributed by atoms with E-state index in [9.17, 15) is 4.79 Å². The Labute approximate surface area is 141 Å². The Morgan fingerprint density at radius 1 is 1.12 bits per heavy atom. The van der Waals surface area contributed by atoms with Crippen LogP contribution in [0.1, 0.15) is 40.3 Å². The second-order valence-corrected chi connectivity index (χ2v) is 6.05. The first-order valence-corrected chi connectivity index (χ1v) is 8.01. The lowest BCUT2D eigenvalue weighted by Gasteiger charge is -2.15. The van der Waals surface area contributed by atoms with Gasteiger partial charge in [0.2, 0.25) is 0 Å². The number of aromatic nitrogens is 3. The Morgan fingerprint density at radius 2 is 1.75 bits per heavy atom. The number of hydrogen-bond acceptors (Lipinski definition) is 2. The molecule has 1 amide bonds. The highest BCUT2D eigenvalue weighted by Gasteiger charge is 2.19. The maximum Gasteiger partial charge on any atom is 0.255 e. The molecule has 24 heavy (non-hydrogen) atoms. The van der Waals surface area contributed by atoms with Gasteiger partial charge in [0.25, 0.3) is 5.91 Å². The van der Waals surface area contributed by atoms with E-state index in [0.717, 1.165) is 22.6 Å². The zero-order valence-corrected chi connectivity index (χ0v) is 14.4. The standard InChI is InChI=1S/C19H22N4O/c1-13(20-19(24)18-14(2)21-22(4)15(18)3)16-7-9-17(10-8-16)23-11-5-6-12-23/h5-13H,1-4H3,(H,20,24). The Morgan fingerprint density at radius 3 is 2.29 bits per heavy atom. The second kappa shape index (κ2) is 6.35. The number of amides is 1. The van der Waals surface area contributed by atoms with Crippen LogP contribution in [0.25, 0.3) is 5.69 Å². The molecule has 0 bridgehead atoms. The highest BCUT2D eigenvalue weighted by molar-refractivity contribution is 5.96. The van der Waals surface area contributed by atoms with Crippen molar-refractivity contribution in [3.05, 3.63) is 71.3 Å². The molecular weight excluding hydrogens is 300 g/mol. The van der Waals surface area contributed by atoms with Crippen LogP contribution >= 0.6 is 0 Å². The molecule has 2 heterocycles. The van der Waals surface area contributed by atoms with Crippen LogP contribution < -0.4 is 5.32 Å². The average molecular weight is 322 g/mol. The number of carbonyl (C=O) groups is 1. The van der Waals surface area contributed by atoms with Gasteiger partial charge >= 0.3 is 0 Å². The molecule has 3 aromatic rings. The summed E-state index contributed by atoms with van der Waals surface area (Å²) in [5.41, 5.74) is 4.45. The average Bonchev–Trinajstić information content (AvgIpc) is 3.16. The molecule has 0 spiro atoms. The van der Waals surface area contributed by atoms with E-state index >= 15 is 0 Å². The van der Waals surface area contributed by atoms with Gasteiger partial charge in [-0.15, -0.1) is 0 Å². The molecule has 1 N–H and O–H groups in total. The van der Waals surface area contributed by atoms with Gasteiger partial charge in [0.15, 0.2) is 0 Å². The molecule has 3 rings (SSSR count). The van der Waals surface area contributed by atoms with Gasteiger partial charge in [0, 0.05) is 30.8 Å². The number of benzene rings is 1. The molecule has 0 saturated heterocycles. The van der Waals surface area contributed by atoms with Crippen LogP contribution in [0.4, 0.5) is 0 Å². The number of carbonyl (C=O) groups excluding carboxylic acids is 1. The maximum atomic E-state index is 12.6. The highest BCUT2D eigenvalue weighted by Crippen LogP contribution is 2.18. The van der Waals surface area contributed by atoms with Crippen LogP contribution in [0.2, 0.25) is 0 Å². The van der Waals surface area contributed by atoms with E-state index in [1.807, 2.05) is 64.5 Å². The zero-order chi connectivity index (χ0) is 17.3. The molecule has 0 aliphatic rings. The largest absolute Gasteiger partial charge is 0.345 e. The third-order valence-corrected chi connectivity index (χ3v) is 4.38. The minimum atomic E-state index is -0.0833. The molecule has 5 nitrogen and oxygen atoms in total. The van der Waals surface area contributed by atoms with Crippen molar-refractivity contribution in [3.63, 3.8) is 0 Å². The number of nitrogens with zero attached hydrogens (tertiary/aromatic N) is 3. The molecule has 1 atom stereocenters. The number of rotatable bonds is 4. The lowest BCUT2D eigenvalue weighted by atomic mass is 10.1. The molecule has 0 radical (unpaired) electrons. The SMILES string of the molecule is Cc1nn(C)c(C)c1C(=O)NC(C)c1ccc(-n2cccc2)cc1. The smallest absolute Gasteiger partial charge is 0.255 e. The summed E-state index contributed by atoms with van der Waals surface area (Å²) in [5, 5.41) is 7.37. The summed E-state index contributed by atoms with van der Waals surface area (Å²) in [6.07, 6.45) is 4.02. The maximum absolute atomic E-state index is 12.6. The second-order valence-electron chi connectivity index (χ2n) is 6.05. The quantitative estimate of drug-likeness (QED) is 0.801. The topological polar surface area (TPSA) is 51.9 Å². The monoisotopic (exact) mass is 322 g/mol. The number of hydrogen-bond donors (Lipinski definition) is 1. The Hall–Kier alpha value is -2.82. The first kappa shape index (κ1) is 16.1. The van der Waals surface area contributed by atoms with Gasteiger partial charge in [0.05, 0.1) is 17.3 Å². The Bertz CT molecular complexity index is 844.